The molecule has 25 heavy (non-hydrogen) atoms. The van der Waals surface area contributed by atoms with Crippen molar-refractivity contribution in [1.82, 2.24) is 4.98 Å². The molecular formula is C19H13Cl2N3S. The third-order valence-electron chi connectivity index (χ3n) is 3.77. The molecular weight excluding hydrogens is 373 g/mol. The maximum Gasteiger partial charge on any atom is 0.142 e. The van der Waals surface area contributed by atoms with Crippen LogP contribution >= 0.6 is 35.0 Å². The minimum Gasteiger partial charge on any atom is -0.383 e. The highest BCUT2D eigenvalue weighted by atomic mass is 35.5. The van der Waals surface area contributed by atoms with Gasteiger partial charge in [-0.3, -0.25) is 0 Å². The zero-order valence-corrected chi connectivity index (χ0v) is 15.6. The van der Waals surface area contributed by atoms with Crippen LogP contribution in [0.1, 0.15) is 5.56 Å². The average Bonchev–Trinajstić information content (AvgIpc) is 2.61. The van der Waals surface area contributed by atoms with Crippen molar-refractivity contribution in [3.8, 4) is 28.5 Å². The van der Waals surface area contributed by atoms with Crippen LogP contribution in [0.15, 0.2) is 53.4 Å². The highest BCUT2D eigenvalue weighted by molar-refractivity contribution is 7.98. The highest BCUT2D eigenvalue weighted by Crippen LogP contribution is 2.35. The first-order valence-electron chi connectivity index (χ1n) is 7.34. The fourth-order valence-corrected chi connectivity index (χ4v) is 3.43. The Morgan fingerprint density at radius 3 is 2.36 bits per heavy atom. The fourth-order valence-electron chi connectivity index (χ4n) is 2.52. The molecule has 0 unspecified atom stereocenters. The molecule has 1 aromatic heterocycles. The summed E-state index contributed by atoms with van der Waals surface area (Å²) >= 11 is 13.9. The Morgan fingerprint density at radius 1 is 1.04 bits per heavy atom. The molecule has 0 saturated heterocycles. The number of nitriles is 1. The zero-order valence-electron chi connectivity index (χ0n) is 13.3. The van der Waals surface area contributed by atoms with Crippen molar-refractivity contribution in [2.45, 2.75) is 4.90 Å². The van der Waals surface area contributed by atoms with E-state index in [1.165, 1.54) is 0 Å². The molecule has 3 rings (SSSR count). The van der Waals surface area contributed by atoms with Gasteiger partial charge in [-0.25, -0.2) is 4.98 Å². The predicted molar refractivity (Wildman–Crippen MR) is 106 cm³/mol. The van der Waals surface area contributed by atoms with Crippen LogP contribution in [-0.4, -0.2) is 11.2 Å². The van der Waals surface area contributed by atoms with E-state index in [1.807, 2.05) is 36.6 Å². The van der Waals surface area contributed by atoms with Gasteiger partial charge in [0.25, 0.3) is 0 Å². The van der Waals surface area contributed by atoms with Crippen LogP contribution in [0.25, 0.3) is 22.4 Å². The molecule has 0 radical (unpaired) electrons. The van der Waals surface area contributed by atoms with E-state index < -0.39 is 0 Å². The van der Waals surface area contributed by atoms with Gasteiger partial charge >= 0.3 is 0 Å². The van der Waals surface area contributed by atoms with Gasteiger partial charge in [0.1, 0.15) is 17.5 Å². The second kappa shape index (κ2) is 7.37. The standard InChI is InChI=1S/C19H13Cl2N3S/c1-25-13-5-2-11(3-6-13)15-9-18(24-19(23)16(15)10-22)14-7-4-12(20)8-17(14)21/h2-9H,1H3,(H2,23,24). The molecule has 2 aromatic carbocycles. The van der Waals surface area contributed by atoms with Crippen molar-refractivity contribution in [3.05, 3.63) is 64.1 Å². The fraction of sp³-hybridized carbons (Fsp3) is 0.0526. The number of anilines is 1. The topological polar surface area (TPSA) is 62.7 Å². The summed E-state index contributed by atoms with van der Waals surface area (Å²) in [5, 5.41) is 10.5. The molecule has 0 bridgehead atoms. The van der Waals surface area contributed by atoms with Crippen LogP contribution in [0.2, 0.25) is 10.0 Å². The molecule has 3 nitrogen and oxygen atoms in total. The first-order chi connectivity index (χ1) is 12.0. The molecule has 0 spiro atoms. The molecule has 0 amide bonds. The van der Waals surface area contributed by atoms with E-state index in [9.17, 15) is 5.26 Å². The van der Waals surface area contributed by atoms with E-state index in [0.29, 0.717) is 26.9 Å². The first-order valence-corrected chi connectivity index (χ1v) is 9.32. The number of nitrogens with two attached hydrogens (primary N) is 1. The number of rotatable bonds is 3. The number of pyridine rings is 1. The number of nitrogens with zero attached hydrogens (tertiary/aromatic N) is 2. The summed E-state index contributed by atoms with van der Waals surface area (Å²) in [7, 11) is 0. The largest absolute Gasteiger partial charge is 0.383 e. The molecule has 1 heterocycles. The van der Waals surface area contributed by atoms with Crippen molar-refractivity contribution in [2.24, 2.45) is 0 Å². The Hall–Kier alpha value is -2.19. The van der Waals surface area contributed by atoms with Gasteiger partial charge < -0.3 is 5.73 Å². The minimum absolute atomic E-state index is 0.176. The summed E-state index contributed by atoms with van der Waals surface area (Å²) < 4.78 is 0. The third kappa shape index (κ3) is 3.59. The minimum atomic E-state index is 0.176. The van der Waals surface area contributed by atoms with E-state index in [4.69, 9.17) is 28.9 Å². The second-order valence-corrected chi connectivity index (χ2v) is 7.00. The Bertz CT molecular complexity index is 979. The monoisotopic (exact) mass is 385 g/mol. The van der Waals surface area contributed by atoms with Gasteiger partial charge in [0, 0.05) is 21.0 Å². The summed E-state index contributed by atoms with van der Waals surface area (Å²) in [6.07, 6.45) is 2.01. The maximum absolute atomic E-state index is 9.50. The summed E-state index contributed by atoms with van der Waals surface area (Å²) in [6.45, 7) is 0. The molecule has 2 N–H and O–H groups in total. The lowest BCUT2D eigenvalue weighted by Crippen LogP contribution is -2.00. The van der Waals surface area contributed by atoms with Crippen LogP contribution in [0, 0.1) is 11.3 Å². The normalized spacial score (nSPS) is 10.5. The van der Waals surface area contributed by atoms with E-state index >= 15 is 0 Å². The van der Waals surface area contributed by atoms with E-state index in [0.717, 1.165) is 16.0 Å². The highest BCUT2D eigenvalue weighted by Gasteiger charge is 2.15. The first kappa shape index (κ1) is 17.6. The van der Waals surface area contributed by atoms with Gasteiger partial charge in [0.15, 0.2) is 0 Å². The van der Waals surface area contributed by atoms with Gasteiger partial charge in [-0.1, -0.05) is 35.3 Å². The SMILES string of the molecule is CSc1ccc(-c2cc(-c3ccc(Cl)cc3Cl)nc(N)c2C#N)cc1. The maximum atomic E-state index is 9.50. The Labute approximate surface area is 160 Å². The number of benzene rings is 2. The molecule has 6 heteroatoms. The number of thioether (sulfide) groups is 1. The summed E-state index contributed by atoms with van der Waals surface area (Å²) in [5.74, 6) is 0.176. The van der Waals surface area contributed by atoms with E-state index in [2.05, 4.69) is 11.1 Å². The van der Waals surface area contributed by atoms with Crippen LogP contribution in [0.5, 0.6) is 0 Å². The zero-order chi connectivity index (χ0) is 18.0. The number of hydrogen-bond acceptors (Lipinski definition) is 4. The molecule has 3 aromatic rings. The van der Waals surface area contributed by atoms with Crippen molar-refractivity contribution < 1.29 is 0 Å². The van der Waals surface area contributed by atoms with Crippen LogP contribution in [0.4, 0.5) is 5.82 Å². The molecule has 0 saturated carbocycles. The predicted octanol–water partition coefficient (Wildman–Crippen LogP) is 5.90. The summed E-state index contributed by atoms with van der Waals surface area (Å²) in [4.78, 5) is 5.49. The Balaban J connectivity index is 2.20. The van der Waals surface area contributed by atoms with Gasteiger partial charge in [-0.2, -0.15) is 5.26 Å². The smallest absolute Gasteiger partial charge is 0.142 e. The summed E-state index contributed by atoms with van der Waals surface area (Å²) in [5.41, 5.74) is 9.32. The van der Waals surface area contributed by atoms with Crippen molar-refractivity contribution in [3.63, 3.8) is 0 Å². The van der Waals surface area contributed by atoms with Gasteiger partial charge in [0.05, 0.1) is 10.7 Å². The lowest BCUT2D eigenvalue weighted by atomic mass is 9.98. The molecule has 0 aliphatic heterocycles. The Kier molecular flexibility index (Phi) is 5.19. The van der Waals surface area contributed by atoms with E-state index in [-0.39, 0.29) is 5.82 Å². The van der Waals surface area contributed by atoms with Crippen LogP contribution < -0.4 is 5.73 Å². The molecule has 0 aliphatic rings. The van der Waals surface area contributed by atoms with Crippen LogP contribution in [0.3, 0.4) is 0 Å². The third-order valence-corrected chi connectivity index (χ3v) is 5.06. The molecule has 124 valence electrons. The number of aromatic nitrogens is 1. The second-order valence-electron chi connectivity index (χ2n) is 5.28. The van der Waals surface area contributed by atoms with Gasteiger partial charge in [0.2, 0.25) is 0 Å². The molecule has 0 aliphatic carbocycles. The quantitative estimate of drug-likeness (QED) is 0.570. The summed E-state index contributed by atoms with van der Waals surface area (Å²) in [6, 6.07) is 17.1. The lowest BCUT2D eigenvalue weighted by Gasteiger charge is -2.11. The van der Waals surface area contributed by atoms with Gasteiger partial charge in [-0.05, 0) is 48.2 Å². The molecule has 0 fully saturated rings. The lowest BCUT2D eigenvalue weighted by molar-refractivity contribution is 1.31. The number of nitrogen functional groups attached to an aromatic ring is 1. The number of hydrogen-bond donors (Lipinski definition) is 1. The van der Waals surface area contributed by atoms with Gasteiger partial charge in [-0.15, -0.1) is 11.8 Å². The van der Waals surface area contributed by atoms with Crippen LogP contribution in [-0.2, 0) is 0 Å². The Morgan fingerprint density at radius 2 is 1.76 bits per heavy atom. The van der Waals surface area contributed by atoms with Crippen molar-refractivity contribution in [1.29, 1.82) is 5.26 Å². The van der Waals surface area contributed by atoms with E-state index in [1.54, 1.807) is 30.0 Å². The van der Waals surface area contributed by atoms with Crippen molar-refractivity contribution in [2.75, 3.05) is 12.0 Å². The number of halogens is 2. The molecule has 0 atom stereocenters. The van der Waals surface area contributed by atoms with Crippen molar-refractivity contribution >= 4 is 40.8 Å². The average molecular weight is 386 g/mol.